The highest BCUT2D eigenvalue weighted by Gasteiger charge is 2.58. The maximum absolute atomic E-state index is 12.3. The van der Waals surface area contributed by atoms with Crippen LogP contribution in [0.3, 0.4) is 0 Å². The lowest BCUT2D eigenvalue weighted by Gasteiger charge is -2.59. The number of likely N-dealkylation sites (tertiary alicyclic amines) is 1. The molecule has 176 valence electrons. The van der Waals surface area contributed by atoms with Gasteiger partial charge in [0, 0.05) is 35.0 Å². The van der Waals surface area contributed by atoms with Gasteiger partial charge < -0.3 is 11.1 Å². The minimum absolute atomic E-state index is 0.108. The van der Waals surface area contributed by atoms with Gasteiger partial charge >= 0.3 is 0 Å². The van der Waals surface area contributed by atoms with Gasteiger partial charge in [-0.3, -0.25) is 9.69 Å². The molecule has 1 heterocycles. The Morgan fingerprint density at radius 1 is 1.27 bits per heavy atom. The number of carbonyl (C=O) groups excluding carboxylic acids is 1. The summed E-state index contributed by atoms with van der Waals surface area (Å²) in [6, 6.07) is 8.33. The summed E-state index contributed by atoms with van der Waals surface area (Å²) >= 11 is 6.05. The third kappa shape index (κ3) is 4.26. The van der Waals surface area contributed by atoms with Gasteiger partial charge in [-0.15, -0.1) is 0 Å². The molecule has 5 fully saturated rings. The van der Waals surface area contributed by atoms with Crippen LogP contribution in [0.2, 0.25) is 5.02 Å². The summed E-state index contributed by atoms with van der Waals surface area (Å²) in [5.41, 5.74) is 6.62. The van der Waals surface area contributed by atoms with Crippen LogP contribution in [-0.2, 0) is 11.3 Å². The van der Waals surface area contributed by atoms with Crippen molar-refractivity contribution in [2.75, 3.05) is 13.1 Å². The molecule has 33 heavy (non-hydrogen) atoms. The number of nitrogens with one attached hydrogen (secondary N) is 1. The summed E-state index contributed by atoms with van der Waals surface area (Å²) in [7, 11) is 0. The number of amides is 1. The van der Waals surface area contributed by atoms with Gasteiger partial charge in [0.25, 0.3) is 0 Å². The van der Waals surface area contributed by atoms with Crippen molar-refractivity contribution in [2.24, 2.45) is 39.3 Å². The van der Waals surface area contributed by atoms with Crippen LogP contribution in [-0.4, -0.2) is 35.8 Å². The van der Waals surface area contributed by atoms with E-state index in [1.807, 2.05) is 12.1 Å². The van der Waals surface area contributed by atoms with Gasteiger partial charge in [0.2, 0.25) is 12.1 Å². The number of nitrogens with zero attached hydrogens (tertiary/aromatic N) is 3. The van der Waals surface area contributed by atoms with Crippen molar-refractivity contribution < 1.29 is 4.79 Å². The Balaban J connectivity index is 1.32. The maximum Gasteiger partial charge on any atom is 0.223 e. The van der Waals surface area contributed by atoms with Crippen molar-refractivity contribution in [1.82, 2.24) is 10.2 Å². The normalized spacial score (nSPS) is 38.2. The maximum atomic E-state index is 12.3. The molecule has 4 aliphatic carbocycles. The molecule has 3 N–H and O–H groups in total. The van der Waals surface area contributed by atoms with Crippen molar-refractivity contribution in [1.29, 1.82) is 5.26 Å². The average molecular weight is 468 g/mol. The number of aliphatic imine (C=N–C) groups is 1. The van der Waals surface area contributed by atoms with Gasteiger partial charge in [-0.1, -0.05) is 30.7 Å². The summed E-state index contributed by atoms with van der Waals surface area (Å²) in [4.78, 5) is 19.1. The zero-order valence-corrected chi connectivity index (χ0v) is 20.2. The molecule has 3 atom stereocenters. The molecule has 1 aliphatic heterocycles. The Labute approximate surface area is 201 Å². The summed E-state index contributed by atoms with van der Waals surface area (Å²) in [6.07, 6.45) is 9.20. The van der Waals surface area contributed by atoms with E-state index < -0.39 is 0 Å². The van der Waals surface area contributed by atoms with E-state index in [-0.39, 0.29) is 22.8 Å². The lowest BCUT2D eigenvalue weighted by atomic mass is 9.47. The van der Waals surface area contributed by atoms with E-state index in [1.54, 1.807) is 0 Å². The molecule has 4 bridgehead atoms. The second kappa shape index (κ2) is 8.60. The number of hydrogen-bond acceptors (Lipinski definition) is 4. The minimum atomic E-state index is -0.300. The highest BCUT2D eigenvalue weighted by atomic mass is 35.5. The van der Waals surface area contributed by atoms with Crippen LogP contribution >= 0.6 is 11.6 Å². The Hall–Kier alpha value is -2.10. The van der Waals surface area contributed by atoms with Crippen LogP contribution in [0.1, 0.15) is 57.4 Å². The molecule has 6 rings (SSSR count). The lowest BCUT2D eigenvalue weighted by molar-refractivity contribution is -0.145. The number of rotatable bonds is 5. The predicted molar refractivity (Wildman–Crippen MR) is 129 cm³/mol. The molecule has 0 spiro atoms. The highest BCUT2D eigenvalue weighted by molar-refractivity contribution is 6.30. The lowest BCUT2D eigenvalue weighted by Crippen LogP contribution is -2.63. The van der Waals surface area contributed by atoms with E-state index in [4.69, 9.17) is 17.3 Å². The van der Waals surface area contributed by atoms with E-state index in [9.17, 15) is 10.1 Å². The molecule has 1 aromatic rings. The van der Waals surface area contributed by atoms with Crippen molar-refractivity contribution in [3.8, 4) is 6.19 Å². The Morgan fingerprint density at radius 2 is 1.97 bits per heavy atom. The van der Waals surface area contributed by atoms with Crippen molar-refractivity contribution in [3.05, 3.63) is 34.9 Å². The summed E-state index contributed by atoms with van der Waals surface area (Å²) in [6.45, 7) is 5.00. The predicted octanol–water partition coefficient (Wildman–Crippen LogP) is 4.09. The highest BCUT2D eigenvalue weighted by Crippen LogP contribution is 2.60. The van der Waals surface area contributed by atoms with Gasteiger partial charge in [-0.25, -0.2) is 0 Å². The largest absolute Gasteiger partial charge is 0.369 e. The van der Waals surface area contributed by atoms with Gasteiger partial charge in [0.1, 0.15) is 5.84 Å². The number of nitriles is 1. The van der Waals surface area contributed by atoms with Crippen LogP contribution in [0.25, 0.3) is 0 Å². The zero-order valence-electron chi connectivity index (χ0n) is 19.4. The molecule has 0 aromatic heterocycles. The standard InChI is InChI=1S/C26H34ClN5O/c1-25(7-2-8-32(15-25)14-17-3-5-21(27)6-4-17)24(30-16-28)31-22-19-9-18-10-20(22)13-26(11-18,12-19)23(29)33/h3-6,18-20,22H,2,7-15H2,1H3,(H2,29,33)(H,30,31). The first kappa shape index (κ1) is 22.7. The molecule has 5 aliphatic rings. The zero-order chi connectivity index (χ0) is 23.2. The Kier molecular flexibility index (Phi) is 5.91. The molecule has 1 aromatic carbocycles. The first-order valence-electron chi connectivity index (χ1n) is 12.3. The fourth-order valence-corrected chi connectivity index (χ4v) is 7.76. The molecular weight excluding hydrogens is 434 g/mol. The van der Waals surface area contributed by atoms with Crippen molar-refractivity contribution >= 4 is 23.3 Å². The van der Waals surface area contributed by atoms with E-state index in [2.05, 4.69) is 40.5 Å². The molecule has 4 saturated carbocycles. The number of nitrogens with two attached hydrogens (primary N) is 1. The van der Waals surface area contributed by atoms with Crippen molar-refractivity contribution in [3.63, 3.8) is 0 Å². The van der Waals surface area contributed by atoms with Gasteiger partial charge in [0.05, 0.1) is 0 Å². The SMILES string of the molecule is CC1(/C(=N/C#N)NC2C3CC4CC2CC(C(N)=O)(C4)C3)CCCN(Cc2ccc(Cl)cc2)C1. The topological polar surface area (TPSA) is 94.5 Å². The van der Waals surface area contributed by atoms with Gasteiger partial charge in [-0.05, 0) is 86.9 Å². The number of halogens is 1. The first-order valence-corrected chi connectivity index (χ1v) is 12.7. The summed E-state index contributed by atoms with van der Waals surface area (Å²) in [5.74, 6) is 2.21. The number of benzene rings is 1. The molecule has 7 heteroatoms. The second-order valence-corrected chi connectivity index (χ2v) is 11.8. The molecule has 6 nitrogen and oxygen atoms in total. The van der Waals surface area contributed by atoms with Crippen molar-refractivity contribution in [2.45, 2.75) is 64.5 Å². The third-order valence-electron chi connectivity index (χ3n) is 8.93. The molecular formula is C26H34ClN5O. The number of hydrogen-bond donors (Lipinski definition) is 2. The Bertz CT molecular complexity index is 969. The number of primary amides is 1. The third-order valence-corrected chi connectivity index (χ3v) is 9.18. The van der Waals surface area contributed by atoms with E-state index >= 15 is 0 Å². The molecule has 3 unspecified atom stereocenters. The smallest absolute Gasteiger partial charge is 0.223 e. The fraction of sp³-hybridized carbons (Fsp3) is 0.654. The second-order valence-electron chi connectivity index (χ2n) is 11.3. The molecule has 0 radical (unpaired) electrons. The monoisotopic (exact) mass is 467 g/mol. The quantitative estimate of drug-likeness (QED) is 0.387. The molecule has 1 saturated heterocycles. The van der Waals surface area contributed by atoms with Crippen LogP contribution in [0.15, 0.2) is 29.3 Å². The van der Waals surface area contributed by atoms with Gasteiger partial charge in [0.15, 0.2) is 0 Å². The first-order chi connectivity index (χ1) is 15.8. The van der Waals surface area contributed by atoms with Crippen LogP contribution < -0.4 is 11.1 Å². The summed E-state index contributed by atoms with van der Waals surface area (Å²) < 4.78 is 0. The van der Waals surface area contributed by atoms with E-state index in [1.165, 1.54) is 5.56 Å². The Morgan fingerprint density at radius 3 is 2.61 bits per heavy atom. The van der Waals surface area contributed by atoms with Crippen LogP contribution in [0.5, 0.6) is 0 Å². The number of amidine groups is 1. The number of piperidine rings is 1. The average Bonchev–Trinajstić information content (AvgIpc) is 2.76. The van der Waals surface area contributed by atoms with Crippen LogP contribution in [0.4, 0.5) is 0 Å². The van der Waals surface area contributed by atoms with Crippen LogP contribution in [0, 0.1) is 40.0 Å². The van der Waals surface area contributed by atoms with E-state index in [0.29, 0.717) is 17.8 Å². The molecule has 1 amide bonds. The minimum Gasteiger partial charge on any atom is -0.369 e. The summed E-state index contributed by atoms with van der Waals surface area (Å²) in [5, 5.41) is 14.1. The van der Waals surface area contributed by atoms with Gasteiger partial charge in [-0.2, -0.15) is 10.3 Å². The fourth-order valence-electron chi connectivity index (χ4n) is 7.63. The van der Waals surface area contributed by atoms with E-state index in [0.717, 1.165) is 75.4 Å². The number of carbonyl (C=O) groups is 1.